The maximum Gasteiger partial charge on any atom is 0.333 e. The number of imidazole rings is 1. The van der Waals surface area contributed by atoms with E-state index in [0.717, 1.165) is 23.3 Å². The summed E-state index contributed by atoms with van der Waals surface area (Å²) in [6.45, 7) is 4.47. The smallest absolute Gasteiger partial charge is 0.333 e. The van der Waals surface area contributed by atoms with Crippen LogP contribution in [0.4, 0.5) is 0 Å². The Labute approximate surface area is 112 Å². The minimum atomic E-state index is -0.289. The standard InChI is InChI=1S/C15H18N2O2/c1-4-14-16-12-7-5-6-8-13(12)17(14)10-9-11(2)15(18)19-3/h5-9H,4,10H2,1-3H3. The number of fused-ring (bicyclic) bond motifs is 1. The fourth-order valence-electron chi connectivity index (χ4n) is 2.07. The van der Waals surface area contributed by atoms with Gasteiger partial charge in [0.1, 0.15) is 5.82 Å². The van der Waals surface area contributed by atoms with Crippen molar-refractivity contribution in [3.05, 3.63) is 41.7 Å². The average molecular weight is 258 g/mol. The van der Waals surface area contributed by atoms with Crippen LogP contribution >= 0.6 is 0 Å². The van der Waals surface area contributed by atoms with E-state index >= 15 is 0 Å². The summed E-state index contributed by atoms with van der Waals surface area (Å²) >= 11 is 0. The number of nitrogens with zero attached hydrogens (tertiary/aromatic N) is 2. The summed E-state index contributed by atoms with van der Waals surface area (Å²) in [5.74, 6) is 0.734. The lowest BCUT2D eigenvalue weighted by atomic mass is 10.2. The van der Waals surface area contributed by atoms with E-state index in [1.165, 1.54) is 7.11 Å². The molecule has 0 N–H and O–H groups in total. The number of hydrogen-bond donors (Lipinski definition) is 0. The molecule has 0 saturated carbocycles. The molecule has 0 fully saturated rings. The van der Waals surface area contributed by atoms with Crippen LogP contribution in [-0.4, -0.2) is 22.6 Å². The number of esters is 1. The molecule has 2 aromatic rings. The number of rotatable bonds is 4. The first kappa shape index (κ1) is 13.3. The third kappa shape index (κ3) is 2.67. The van der Waals surface area contributed by atoms with Crippen molar-refractivity contribution < 1.29 is 9.53 Å². The number of carbonyl (C=O) groups excluding carboxylic acids is 1. The average Bonchev–Trinajstić information content (AvgIpc) is 2.81. The van der Waals surface area contributed by atoms with E-state index in [-0.39, 0.29) is 5.97 Å². The van der Waals surface area contributed by atoms with Gasteiger partial charge >= 0.3 is 5.97 Å². The highest BCUT2D eigenvalue weighted by atomic mass is 16.5. The van der Waals surface area contributed by atoms with Crippen LogP contribution in [0.3, 0.4) is 0 Å². The third-order valence-electron chi connectivity index (χ3n) is 3.14. The molecule has 0 atom stereocenters. The van der Waals surface area contributed by atoms with Gasteiger partial charge in [0.15, 0.2) is 0 Å². The summed E-state index contributed by atoms with van der Waals surface area (Å²) in [6.07, 6.45) is 2.74. The molecule has 0 unspecified atom stereocenters. The van der Waals surface area contributed by atoms with E-state index in [1.54, 1.807) is 6.92 Å². The van der Waals surface area contributed by atoms with E-state index in [9.17, 15) is 4.79 Å². The van der Waals surface area contributed by atoms with Crippen molar-refractivity contribution in [3.63, 3.8) is 0 Å². The molecule has 4 heteroatoms. The zero-order chi connectivity index (χ0) is 13.8. The molecule has 1 aromatic heterocycles. The monoisotopic (exact) mass is 258 g/mol. The Bertz CT molecular complexity index is 626. The summed E-state index contributed by atoms with van der Waals surface area (Å²) in [4.78, 5) is 16.0. The van der Waals surface area contributed by atoms with Gasteiger partial charge in [-0.25, -0.2) is 9.78 Å². The Balaban J connectivity index is 2.36. The number of para-hydroxylation sites is 2. The molecule has 2 rings (SSSR count). The molecule has 4 nitrogen and oxygen atoms in total. The molecule has 0 bridgehead atoms. The molecule has 0 spiro atoms. The van der Waals surface area contributed by atoms with Crippen LogP contribution in [0.15, 0.2) is 35.9 Å². The van der Waals surface area contributed by atoms with E-state index in [4.69, 9.17) is 4.74 Å². The molecule has 0 aliphatic carbocycles. The van der Waals surface area contributed by atoms with Crippen molar-refractivity contribution >= 4 is 17.0 Å². The van der Waals surface area contributed by atoms with Crippen molar-refractivity contribution in [1.29, 1.82) is 0 Å². The van der Waals surface area contributed by atoms with Crippen molar-refractivity contribution in [2.75, 3.05) is 7.11 Å². The van der Waals surface area contributed by atoms with Crippen LogP contribution in [0.1, 0.15) is 19.7 Å². The van der Waals surface area contributed by atoms with Gasteiger partial charge < -0.3 is 9.30 Å². The molecule has 100 valence electrons. The van der Waals surface area contributed by atoms with Crippen molar-refractivity contribution in [2.45, 2.75) is 26.8 Å². The first-order valence-electron chi connectivity index (χ1n) is 6.36. The number of ether oxygens (including phenoxy) is 1. The Morgan fingerprint density at radius 2 is 2.16 bits per heavy atom. The molecule has 0 saturated heterocycles. The number of hydrogen-bond acceptors (Lipinski definition) is 3. The Hall–Kier alpha value is -2.10. The van der Waals surface area contributed by atoms with Gasteiger partial charge in [-0.2, -0.15) is 0 Å². The second kappa shape index (κ2) is 5.69. The number of benzene rings is 1. The molecular formula is C15H18N2O2. The second-order valence-corrected chi connectivity index (χ2v) is 4.36. The fraction of sp³-hybridized carbons (Fsp3) is 0.333. The predicted molar refractivity (Wildman–Crippen MR) is 74.9 cm³/mol. The zero-order valence-corrected chi connectivity index (χ0v) is 11.5. The van der Waals surface area contributed by atoms with Crippen LogP contribution < -0.4 is 0 Å². The molecule has 0 aliphatic rings. The minimum absolute atomic E-state index is 0.289. The maximum absolute atomic E-state index is 11.4. The van der Waals surface area contributed by atoms with Crippen LogP contribution in [0, 0.1) is 0 Å². The quantitative estimate of drug-likeness (QED) is 0.625. The van der Waals surface area contributed by atoms with Gasteiger partial charge in [0.25, 0.3) is 0 Å². The lowest BCUT2D eigenvalue weighted by molar-refractivity contribution is -0.136. The third-order valence-corrected chi connectivity index (χ3v) is 3.14. The van der Waals surface area contributed by atoms with Gasteiger partial charge in [-0.15, -0.1) is 0 Å². The van der Waals surface area contributed by atoms with Crippen molar-refractivity contribution in [1.82, 2.24) is 9.55 Å². The number of allylic oxidation sites excluding steroid dienone is 1. The fourth-order valence-corrected chi connectivity index (χ4v) is 2.07. The first-order valence-corrected chi connectivity index (χ1v) is 6.36. The Morgan fingerprint density at radius 1 is 1.42 bits per heavy atom. The van der Waals surface area contributed by atoms with Crippen molar-refractivity contribution in [2.24, 2.45) is 0 Å². The summed E-state index contributed by atoms with van der Waals surface area (Å²) in [6, 6.07) is 8.02. The van der Waals surface area contributed by atoms with E-state index in [1.807, 2.05) is 30.3 Å². The van der Waals surface area contributed by atoms with Gasteiger partial charge in [-0.05, 0) is 19.1 Å². The lowest BCUT2D eigenvalue weighted by Gasteiger charge is -2.05. The van der Waals surface area contributed by atoms with Crippen molar-refractivity contribution in [3.8, 4) is 0 Å². The molecule has 1 heterocycles. The Morgan fingerprint density at radius 3 is 2.84 bits per heavy atom. The van der Waals surface area contributed by atoms with E-state index < -0.39 is 0 Å². The van der Waals surface area contributed by atoms with E-state index in [2.05, 4.69) is 16.5 Å². The van der Waals surface area contributed by atoms with Gasteiger partial charge in [0.2, 0.25) is 0 Å². The topological polar surface area (TPSA) is 44.1 Å². The largest absolute Gasteiger partial charge is 0.466 e. The van der Waals surface area contributed by atoms with Gasteiger partial charge in [-0.3, -0.25) is 0 Å². The number of carbonyl (C=O) groups is 1. The lowest BCUT2D eigenvalue weighted by Crippen LogP contribution is -2.05. The highest BCUT2D eigenvalue weighted by Crippen LogP contribution is 2.16. The zero-order valence-electron chi connectivity index (χ0n) is 11.5. The van der Waals surface area contributed by atoms with Crippen LogP contribution in [-0.2, 0) is 22.5 Å². The molecular weight excluding hydrogens is 240 g/mol. The van der Waals surface area contributed by atoms with Gasteiger partial charge in [0, 0.05) is 18.5 Å². The summed E-state index contributed by atoms with van der Waals surface area (Å²) in [7, 11) is 1.39. The number of aromatic nitrogens is 2. The number of methoxy groups -OCH3 is 1. The van der Waals surface area contributed by atoms with E-state index in [0.29, 0.717) is 12.1 Å². The molecule has 0 aliphatic heterocycles. The predicted octanol–water partition coefficient (Wildman–Crippen LogP) is 2.72. The van der Waals surface area contributed by atoms with Gasteiger partial charge in [0.05, 0.1) is 18.1 Å². The van der Waals surface area contributed by atoms with Gasteiger partial charge in [-0.1, -0.05) is 25.1 Å². The summed E-state index contributed by atoms with van der Waals surface area (Å²) in [5, 5.41) is 0. The summed E-state index contributed by atoms with van der Waals surface area (Å²) in [5.41, 5.74) is 2.69. The highest BCUT2D eigenvalue weighted by molar-refractivity contribution is 5.87. The summed E-state index contributed by atoms with van der Waals surface area (Å²) < 4.78 is 6.82. The molecule has 0 radical (unpaired) electrons. The normalized spacial score (nSPS) is 11.8. The minimum Gasteiger partial charge on any atom is -0.466 e. The molecule has 0 amide bonds. The number of aryl methyl sites for hydroxylation is 1. The second-order valence-electron chi connectivity index (χ2n) is 4.36. The SMILES string of the molecule is CCc1nc2ccccc2n1CC=C(C)C(=O)OC. The van der Waals surface area contributed by atoms with Crippen LogP contribution in [0.5, 0.6) is 0 Å². The Kier molecular flexibility index (Phi) is 4.00. The molecule has 19 heavy (non-hydrogen) atoms. The molecule has 1 aromatic carbocycles. The first-order chi connectivity index (χ1) is 9.17. The maximum atomic E-state index is 11.4. The van der Waals surface area contributed by atoms with Crippen LogP contribution in [0.25, 0.3) is 11.0 Å². The van der Waals surface area contributed by atoms with Crippen LogP contribution in [0.2, 0.25) is 0 Å². The highest BCUT2D eigenvalue weighted by Gasteiger charge is 2.08.